The highest BCUT2D eigenvalue weighted by atomic mass is 35.5. The van der Waals surface area contributed by atoms with E-state index in [0.29, 0.717) is 12.4 Å². The van der Waals surface area contributed by atoms with Crippen molar-refractivity contribution < 1.29 is 8.91 Å². The summed E-state index contributed by atoms with van der Waals surface area (Å²) in [4.78, 5) is 3.89. The molecule has 0 aliphatic carbocycles. The van der Waals surface area contributed by atoms with Gasteiger partial charge in [-0.15, -0.1) is 0 Å². The van der Waals surface area contributed by atoms with Crippen LogP contribution in [0.2, 0.25) is 5.02 Å². The minimum atomic E-state index is -0.416. The predicted octanol–water partition coefficient (Wildman–Crippen LogP) is 2.71. The van der Waals surface area contributed by atoms with Gasteiger partial charge in [-0.3, -0.25) is 0 Å². The van der Waals surface area contributed by atoms with Crippen molar-refractivity contribution in [3.05, 3.63) is 46.8 Å². The first-order valence-corrected chi connectivity index (χ1v) is 5.48. The average molecular weight is 256 g/mol. The van der Waals surface area contributed by atoms with Gasteiger partial charge in [0.25, 0.3) is 0 Å². The Hall–Kier alpha value is -1.46. The zero-order valence-corrected chi connectivity index (χ0v) is 9.91. The quantitative estimate of drug-likeness (QED) is 0.913. The Morgan fingerprint density at radius 3 is 3.00 bits per heavy atom. The largest absolute Gasteiger partial charge is 0.343 e. The first-order chi connectivity index (χ1) is 8.16. The molecule has 0 saturated carbocycles. The molecule has 1 heterocycles. The van der Waals surface area contributed by atoms with Crippen molar-refractivity contribution in [1.29, 1.82) is 0 Å². The second-order valence-electron chi connectivity index (χ2n) is 3.62. The molecule has 1 N–H and O–H groups in total. The van der Waals surface area contributed by atoms with Crippen molar-refractivity contribution in [2.45, 2.75) is 19.5 Å². The lowest BCUT2D eigenvalue weighted by molar-refractivity contribution is 0.405. The second kappa shape index (κ2) is 5.25. The summed E-state index contributed by atoms with van der Waals surface area (Å²) in [6, 6.07) is 4.66. The Kier molecular flexibility index (Phi) is 3.71. The van der Waals surface area contributed by atoms with Crippen LogP contribution in [-0.2, 0) is 6.54 Å². The van der Waals surface area contributed by atoms with Crippen molar-refractivity contribution in [1.82, 2.24) is 15.5 Å². The average Bonchev–Trinajstić information content (AvgIpc) is 2.82. The molecule has 1 atom stereocenters. The van der Waals surface area contributed by atoms with E-state index in [2.05, 4.69) is 20.0 Å². The number of hydrogen-bond acceptors (Lipinski definition) is 4. The molecule has 6 heteroatoms. The van der Waals surface area contributed by atoms with Crippen LogP contribution in [0, 0.1) is 5.82 Å². The van der Waals surface area contributed by atoms with Crippen LogP contribution in [0.5, 0.6) is 0 Å². The van der Waals surface area contributed by atoms with Gasteiger partial charge in [0.15, 0.2) is 5.82 Å². The molecular formula is C11H11ClFN3O. The van der Waals surface area contributed by atoms with Crippen molar-refractivity contribution in [3.63, 3.8) is 0 Å². The first kappa shape index (κ1) is 12.0. The Bertz CT molecular complexity index is 489. The molecule has 17 heavy (non-hydrogen) atoms. The van der Waals surface area contributed by atoms with E-state index in [9.17, 15) is 4.39 Å². The molecule has 4 nitrogen and oxygen atoms in total. The molecule has 1 unspecified atom stereocenters. The van der Waals surface area contributed by atoms with E-state index in [1.165, 1.54) is 12.5 Å². The molecule has 2 rings (SSSR count). The van der Waals surface area contributed by atoms with Crippen LogP contribution in [0.3, 0.4) is 0 Å². The van der Waals surface area contributed by atoms with E-state index < -0.39 is 5.82 Å². The van der Waals surface area contributed by atoms with Crippen molar-refractivity contribution in [2.75, 3.05) is 0 Å². The summed E-state index contributed by atoms with van der Waals surface area (Å²) in [6.07, 6.45) is 1.27. The molecule has 0 amide bonds. The minimum Gasteiger partial charge on any atom is -0.343 e. The number of nitrogens with zero attached hydrogens (tertiary/aromatic N) is 2. The highest BCUT2D eigenvalue weighted by molar-refractivity contribution is 6.30. The van der Waals surface area contributed by atoms with Crippen LogP contribution in [0.15, 0.2) is 29.1 Å². The van der Waals surface area contributed by atoms with Crippen LogP contribution in [0.4, 0.5) is 4.39 Å². The molecule has 0 radical (unpaired) electrons. The lowest BCUT2D eigenvalue weighted by Crippen LogP contribution is -2.18. The number of rotatable bonds is 4. The maximum absolute atomic E-state index is 13.0. The van der Waals surface area contributed by atoms with E-state index in [0.717, 1.165) is 5.56 Å². The number of benzene rings is 1. The summed E-state index contributed by atoms with van der Waals surface area (Å²) >= 11 is 5.72. The maximum Gasteiger partial charge on any atom is 0.213 e. The van der Waals surface area contributed by atoms with Gasteiger partial charge in [-0.05, 0) is 24.6 Å². The highest BCUT2D eigenvalue weighted by Crippen LogP contribution is 2.20. The fourth-order valence-electron chi connectivity index (χ4n) is 1.41. The molecule has 0 aliphatic heterocycles. The molecule has 0 saturated heterocycles. The molecule has 0 aliphatic rings. The molecule has 90 valence electrons. The van der Waals surface area contributed by atoms with Gasteiger partial charge in [-0.1, -0.05) is 22.8 Å². The van der Waals surface area contributed by atoms with Crippen molar-refractivity contribution in [2.24, 2.45) is 0 Å². The first-order valence-electron chi connectivity index (χ1n) is 5.10. The molecular weight excluding hydrogens is 245 g/mol. The molecule has 0 bridgehead atoms. The highest BCUT2D eigenvalue weighted by Gasteiger charge is 2.09. The second-order valence-corrected chi connectivity index (χ2v) is 4.03. The third-order valence-corrected chi connectivity index (χ3v) is 2.71. The minimum absolute atomic E-state index is 0.0200. The predicted molar refractivity (Wildman–Crippen MR) is 61.0 cm³/mol. The van der Waals surface area contributed by atoms with E-state index in [-0.39, 0.29) is 11.1 Å². The van der Waals surface area contributed by atoms with Gasteiger partial charge < -0.3 is 9.84 Å². The normalized spacial score (nSPS) is 12.6. The van der Waals surface area contributed by atoms with Crippen LogP contribution < -0.4 is 5.32 Å². The molecule has 1 aromatic heterocycles. The van der Waals surface area contributed by atoms with Gasteiger partial charge >= 0.3 is 0 Å². The van der Waals surface area contributed by atoms with Gasteiger partial charge in [-0.25, -0.2) is 4.39 Å². The number of hydrogen-bond donors (Lipinski definition) is 1. The summed E-state index contributed by atoms with van der Waals surface area (Å²) in [6.45, 7) is 2.43. The van der Waals surface area contributed by atoms with Gasteiger partial charge in [0.05, 0.1) is 11.6 Å². The smallest absolute Gasteiger partial charge is 0.213 e. The van der Waals surface area contributed by atoms with E-state index in [1.54, 1.807) is 12.1 Å². The SMILES string of the molecule is CC(NCc1ncon1)c1ccc(F)c(Cl)c1. The summed E-state index contributed by atoms with van der Waals surface area (Å²) in [5.74, 6) is 0.158. The lowest BCUT2D eigenvalue weighted by atomic mass is 10.1. The Morgan fingerprint density at radius 1 is 1.53 bits per heavy atom. The zero-order valence-electron chi connectivity index (χ0n) is 9.15. The van der Waals surface area contributed by atoms with Gasteiger partial charge in [-0.2, -0.15) is 4.98 Å². The van der Waals surface area contributed by atoms with Gasteiger partial charge in [0.1, 0.15) is 5.82 Å². The Labute approximate surface area is 103 Å². The molecule has 2 aromatic rings. The van der Waals surface area contributed by atoms with Gasteiger partial charge in [0, 0.05) is 6.04 Å². The number of nitrogens with one attached hydrogen (secondary N) is 1. The third kappa shape index (κ3) is 3.01. The molecule has 0 spiro atoms. The molecule has 0 fully saturated rings. The van der Waals surface area contributed by atoms with E-state index >= 15 is 0 Å². The summed E-state index contributed by atoms with van der Waals surface area (Å²) in [5, 5.41) is 6.98. The van der Waals surface area contributed by atoms with E-state index in [1.807, 2.05) is 6.92 Å². The third-order valence-electron chi connectivity index (χ3n) is 2.42. The Balaban J connectivity index is 1.99. The fourth-order valence-corrected chi connectivity index (χ4v) is 1.60. The lowest BCUT2D eigenvalue weighted by Gasteiger charge is -2.13. The van der Waals surface area contributed by atoms with Crippen LogP contribution in [0.25, 0.3) is 0 Å². The zero-order chi connectivity index (χ0) is 12.3. The van der Waals surface area contributed by atoms with Gasteiger partial charge in [0.2, 0.25) is 6.39 Å². The number of aromatic nitrogens is 2. The Morgan fingerprint density at radius 2 is 2.35 bits per heavy atom. The summed E-state index contributed by atoms with van der Waals surface area (Å²) in [7, 11) is 0. The topological polar surface area (TPSA) is 51.0 Å². The maximum atomic E-state index is 13.0. The van der Waals surface area contributed by atoms with Crippen molar-refractivity contribution in [3.8, 4) is 0 Å². The fraction of sp³-hybridized carbons (Fsp3) is 0.273. The standard InChI is InChI=1S/C11H11ClFN3O/c1-7(14-5-11-15-6-17-16-11)8-2-3-10(13)9(12)4-8/h2-4,6-7,14H,5H2,1H3. The van der Waals surface area contributed by atoms with Crippen LogP contribution >= 0.6 is 11.6 Å². The summed E-state index contributed by atoms with van der Waals surface area (Å²) in [5.41, 5.74) is 0.903. The number of halogens is 2. The summed E-state index contributed by atoms with van der Waals surface area (Å²) < 4.78 is 17.6. The van der Waals surface area contributed by atoms with Crippen LogP contribution in [0.1, 0.15) is 24.4 Å². The van der Waals surface area contributed by atoms with Crippen molar-refractivity contribution >= 4 is 11.6 Å². The van der Waals surface area contributed by atoms with E-state index in [4.69, 9.17) is 11.6 Å². The van der Waals surface area contributed by atoms with Crippen LogP contribution in [-0.4, -0.2) is 10.1 Å². The monoisotopic (exact) mass is 255 g/mol. The molecule has 1 aromatic carbocycles.